The van der Waals surface area contributed by atoms with Gasteiger partial charge in [-0.25, -0.2) is 13.4 Å². The van der Waals surface area contributed by atoms with Crippen molar-refractivity contribution >= 4 is 21.7 Å². The van der Waals surface area contributed by atoms with Gasteiger partial charge in [-0.05, 0) is 56.9 Å². The van der Waals surface area contributed by atoms with Gasteiger partial charge in [0.1, 0.15) is 5.82 Å². The number of nitrogens with one attached hydrogen (secondary N) is 1. The molecule has 3 rings (SSSR count). The zero-order valence-electron chi connectivity index (χ0n) is 15.9. The summed E-state index contributed by atoms with van der Waals surface area (Å²) < 4.78 is 27.4. The van der Waals surface area contributed by atoms with Crippen LogP contribution in [0.15, 0.2) is 41.4 Å². The van der Waals surface area contributed by atoms with E-state index in [0.717, 1.165) is 16.7 Å². The SMILES string of the molecule is Cc1ccc(NC(=O)C2CCN(S(=O)(=O)c3ccc(C)cc3C)CC2)nc1. The lowest BCUT2D eigenvalue weighted by atomic mass is 9.97. The monoisotopic (exact) mass is 387 g/mol. The number of carbonyl (C=O) groups excluding carboxylic acids is 1. The van der Waals surface area contributed by atoms with Crippen LogP contribution in [0, 0.1) is 26.7 Å². The highest BCUT2D eigenvalue weighted by atomic mass is 32.2. The van der Waals surface area contributed by atoms with E-state index >= 15 is 0 Å². The van der Waals surface area contributed by atoms with Crippen molar-refractivity contribution in [2.45, 2.75) is 38.5 Å². The van der Waals surface area contributed by atoms with E-state index in [2.05, 4.69) is 10.3 Å². The summed E-state index contributed by atoms with van der Waals surface area (Å²) in [6.45, 7) is 6.37. The molecule has 7 heteroatoms. The molecule has 1 aliphatic rings. The third-order valence-corrected chi connectivity index (χ3v) is 6.99. The summed E-state index contributed by atoms with van der Waals surface area (Å²) in [5, 5.41) is 2.82. The molecule has 0 atom stereocenters. The molecule has 0 aliphatic carbocycles. The number of aromatic nitrogens is 1. The first-order chi connectivity index (χ1) is 12.8. The average Bonchev–Trinajstić information content (AvgIpc) is 2.63. The first-order valence-electron chi connectivity index (χ1n) is 9.08. The largest absolute Gasteiger partial charge is 0.310 e. The van der Waals surface area contributed by atoms with Crippen LogP contribution in [0.3, 0.4) is 0 Å². The third kappa shape index (κ3) is 4.36. The Morgan fingerprint density at radius 1 is 1.07 bits per heavy atom. The predicted molar refractivity (Wildman–Crippen MR) is 105 cm³/mol. The summed E-state index contributed by atoms with van der Waals surface area (Å²) in [6, 6.07) is 9.02. The molecule has 0 radical (unpaired) electrons. The number of sulfonamides is 1. The number of benzene rings is 1. The number of hydrogen-bond donors (Lipinski definition) is 1. The standard InChI is InChI=1S/C20H25N3O3S/c1-14-4-6-18(16(3)12-14)27(25,26)23-10-8-17(9-11-23)20(24)22-19-7-5-15(2)13-21-19/h4-7,12-13,17H,8-11H2,1-3H3,(H,21,22,24). The smallest absolute Gasteiger partial charge is 0.243 e. The molecule has 6 nitrogen and oxygen atoms in total. The Labute approximate surface area is 160 Å². The van der Waals surface area contributed by atoms with Gasteiger partial charge in [-0.2, -0.15) is 4.31 Å². The Morgan fingerprint density at radius 3 is 2.33 bits per heavy atom. The third-order valence-electron chi connectivity index (χ3n) is 4.94. The maximum atomic E-state index is 12.9. The Balaban J connectivity index is 1.64. The molecule has 0 unspecified atom stereocenters. The fraction of sp³-hybridized carbons (Fsp3) is 0.400. The minimum atomic E-state index is -3.53. The van der Waals surface area contributed by atoms with E-state index in [1.54, 1.807) is 18.3 Å². The van der Waals surface area contributed by atoms with Crippen molar-refractivity contribution in [2.24, 2.45) is 5.92 Å². The molecule has 0 saturated carbocycles. The van der Waals surface area contributed by atoms with E-state index in [0.29, 0.717) is 36.6 Å². The molecule has 1 saturated heterocycles. The van der Waals surface area contributed by atoms with Gasteiger partial charge in [0, 0.05) is 25.2 Å². The van der Waals surface area contributed by atoms with Gasteiger partial charge in [0.05, 0.1) is 4.90 Å². The molecule has 2 aromatic rings. The number of aryl methyl sites for hydroxylation is 3. The molecule has 144 valence electrons. The van der Waals surface area contributed by atoms with Gasteiger partial charge in [0.15, 0.2) is 0 Å². The number of pyridine rings is 1. The maximum Gasteiger partial charge on any atom is 0.243 e. The first-order valence-corrected chi connectivity index (χ1v) is 10.5. The van der Waals surface area contributed by atoms with E-state index < -0.39 is 10.0 Å². The Morgan fingerprint density at radius 2 is 1.74 bits per heavy atom. The molecule has 1 aromatic heterocycles. The number of anilines is 1. The summed E-state index contributed by atoms with van der Waals surface area (Å²) in [5.74, 6) is 0.213. The van der Waals surface area contributed by atoms with E-state index in [9.17, 15) is 13.2 Å². The first kappa shape index (κ1) is 19.5. The van der Waals surface area contributed by atoms with Crippen LogP contribution >= 0.6 is 0 Å². The second kappa shape index (κ2) is 7.78. The predicted octanol–water partition coefficient (Wildman–Crippen LogP) is 3.05. The second-order valence-electron chi connectivity index (χ2n) is 7.16. The van der Waals surface area contributed by atoms with Gasteiger partial charge in [-0.3, -0.25) is 4.79 Å². The number of rotatable bonds is 4. The van der Waals surface area contributed by atoms with Crippen molar-refractivity contribution in [1.29, 1.82) is 0 Å². The lowest BCUT2D eigenvalue weighted by Gasteiger charge is -2.30. The van der Waals surface area contributed by atoms with Crippen LogP contribution in [-0.4, -0.2) is 36.7 Å². The molecule has 1 amide bonds. The van der Waals surface area contributed by atoms with Gasteiger partial charge >= 0.3 is 0 Å². The Bertz CT molecular complexity index is 931. The zero-order valence-corrected chi connectivity index (χ0v) is 16.7. The number of amides is 1. The zero-order chi connectivity index (χ0) is 19.6. The summed E-state index contributed by atoms with van der Waals surface area (Å²) in [4.78, 5) is 17.0. The Hall–Kier alpha value is -2.25. The number of nitrogens with zero attached hydrogens (tertiary/aromatic N) is 2. The molecule has 2 heterocycles. The van der Waals surface area contributed by atoms with Crippen molar-refractivity contribution in [3.63, 3.8) is 0 Å². The number of hydrogen-bond acceptors (Lipinski definition) is 4. The Kier molecular flexibility index (Phi) is 5.62. The molecule has 1 fully saturated rings. The van der Waals surface area contributed by atoms with E-state index in [1.807, 2.05) is 39.0 Å². The van der Waals surface area contributed by atoms with Gasteiger partial charge in [0.25, 0.3) is 0 Å². The molecule has 1 aliphatic heterocycles. The summed E-state index contributed by atoms with van der Waals surface area (Å²) in [5.41, 5.74) is 2.81. The normalized spacial score (nSPS) is 16.3. The van der Waals surface area contributed by atoms with Crippen molar-refractivity contribution in [1.82, 2.24) is 9.29 Å². The topological polar surface area (TPSA) is 79.4 Å². The van der Waals surface area contributed by atoms with Crippen LogP contribution < -0.4 is 5.32 Å². The maximum absolute atomic E-state index is 12.9. The van der Waals surface area contributed by atoms with Crippen LogP contribution in [-0.2, 0) is 14.8 Å². The molecule has 0 bridgehead atoms. The molecular formula is C20H25N3O3S. The molecular weight excluding hydrogens is 362 g/mol. The van der Waals surface area contributed by atoms with Crippen molar-refractivity contribution in [3.8, 4) is 0 Å². The van der Waals surface area contributed by atoms with E-state index in [4.69, 9.17) is 0 Å². The fourth-order valence-electron chi connectivity index (χ4n) is 3.36. The van der Waals surface area contributed by atoms with Gasteiger partial charge in [-0.15, -0.1) is 0 Å². The van der Waals surface area contributed by atoms with Crippen LogP contribution in [0.25, 0.3) is 0 Å². The highest BCUT2D eigenvalue weighted by molar-refractivity contribution is 7.89. The molecule has 0 spiro atoms. The van der Waals surface area contributed by atoms with Gasteiger partial charge < -0.3 is 5.32 Å². The summed E-state index contributed by atoms with van der Waals surface area (Å²) in [7, 11) is -3.53. The van der Waals surface area contributed by atoms with E-state index in [-0.39, 0.29) is 11.8 Å². The lowest BCUT2D eigenvalue weighted by Crippen LogP contribution is -2.41. The van der Waals surface area contributed by atoms with Crippen molar-refractivity contribution < 1.29 is 13.2 Å². The highest BCUT2D eigenvalue weighted by Crippen LogP contribution is 2.26. The fourth-order valence-corrected chi connectivity index (χ4v) is 5.03. The van der Waals surface area contributed by atoms with Crippen LogP contribution in [0.1, 0.15) is 29.5 Å². The summed E-state index contributed by atoms with van der Waals surface area (Å²) in [6.07, 6.45) is 2.71. The highest BCUT2D eigenvalue weighted by Gasteiger charge is 2.32. The minimum Gasteiger partial charge on any atom is -0.310 e. The quantitative estimate of drug-likeness (QED) is 0.874. The molecule has 1 aromatic carbocycles. The van der Waals surface area contributed by atoms with Crippen LogP contribution in [0.2, 0.25) is 0 Å². The van der Waals surface area contributed by atoms with Crippen molar-refractivity contribution in [3.05, 3.63) is 53.2 Å². The number of piperidine rings is 1. The van der Waals surface area contributed by atoms with Crippen LogP contribution in [0.5, 0.6) is 0 Å². The van der Waals surface area contributed by atoms with Crippen LogP contribution in [0.4, 0.5) is 5.82 Å². The average molecular weight is 388 g/mol. The van der Waals surface area contributed by atoms with Gasteiger partial charge in [-0.1, -0.05) is 23.8 Å². The lowest BCUT2D eigenvalue weighted by molar-refractivity contribution is -0.120. The summed E-state index contributed by atoms with van der Waals surface area (Å²) >= 11 is 0. The molecule has 27 heavy (non-hydrogen) atoms. The molecule has 1 N–H and O–H groups in total. The van der Waals surface area contributed by atoms with Crippen molar-refractivity contribution in [2.75, 3.05) is 18.4 Å². The van der Waals surface area contributed by atoms with E-state index in [1.165, 1.54) is 4.31 Å². The second-order valence-corrected chi connectivity index (χ2v) is 9.06. The van der Waals surface area contributed by atoms with Gasteiger partial charge in [0.2, 0.25) is 15.9 Å². The number of carbonyl (C=O) groups is 1. The minimum absolute atomic E-state index is 0.102.